The van der Waals surface area contributed by atoms with Crippen LogP contribution in [0.15, 0.2) is 0 Å². The van der Waals surface area contributed by atoms with Crippen molar-refractivity contribution in [1.82, 2.24) is 4.31 Å². The van der Waals surface area contributed by atoms with Crippen LogP contribution in [-0.2, 0) is 16.1 Å². The number of hydrogen-bond donors (Lipinski definition) is 1. The van der Waals surface area contributed by atoms with Crippen LogP contribution in [0.1, 0.15) is 12.8 Å². The maximum absolute atomic E-state index is 10.5. The number of likely N-dealkylation sites (N-methyl/N-ethyl adjacent to an activating group) is 1. The zero-order chi connectivity index (χ0) is 8.65. The number of hydrogen-bond acceptors (Lipinski definition) is 3. The van der Waals surface area contributed by atoms with Crippen molar-refractivity contribution in [3.8, 4) is 0 Å². The fourth-order valence-corrected chi connectivity index (χ4v) is 1.47. The van der Waals surface area contributed by atoms with Crippen molar-refractivity contribution in [3.63, 3.8) is 0 Å². The zero-order valence-corrected chi connectivity index (χ0v) is 6.76. The van der Waals surface area contributed by atoms with Crippen LogP contribution < -0.4 is 0 Å². The molecule has 0 aliphatic heterocycles. The van der Waals surface area contributed by atoms with Crippen LogP contribution >= 0.6 is 0 Å². The number of nitrogens with zero attached hydrogens (tertiary/aromatic N) is 1. The van der Waals surface area contributed by atoms with Gasteiger partial charge in [0.25, 0.3) is 0 Å². The minimum Gasteiger partial charge on any atom is -0.760 e. The number of carboxylic acid groups (broad SMARTS) is 1. The van der Waals surface area contributed by atoms with Gasteiger partial charge >= 0.3 is 5.97 Å². The van der Waals surface area contributed by atoms with E-state index in [1.54, 1.807) is 0 Å². The Morgan fingerprint density at radius 2 is 2.18 bits per heavy atom. The molecule has 0 radical (unpaired) electrons. The summed E-state index contributed by atoms with van der Waals surface area (Å²) >= 11 is -2.44. The van der Waals surface area contributed by atoms with Gasteiger partial charge < -0.3 is 9.66 Å². The number of aliphatic carboxylic acids is 1. The number of carboxylic acids is 1. The Hall–Kier alpha value is -0.460. The van der Waals surface area contributed by atoms with Crippen LogP contribution in [-0.4, -0.2) is 36.7 Å². The maximum Gasteiger partial charge on any atom is 0.325 e. The van der Waals surface area contributed by atoms with Crippen LogP contribution in [0.2, 0.25) is 0 Å². The van der Waals surface area contributed by atoms with Crippen LogP contribution in [0.3, 0.4) is 0 Å². The molecule has 0 amide bonds. The van der Waals surface area contributed by atoms with Crippen LogP contribution in [0.4, 0.5) is 0 Å². The van der Waals surface area contributed by atoms with Gasteiger partial charge in [-0.05, 0) is 12.8 Å². The van der Waals surface area contributed by atoms with Crippen molar-refractivity contribution < 1.29 is 18.7 Å². The molecule has 1 fully saturated rings. The molecule has 1 aliphatic rings. The third-order valence-corrected chi connectivity index (χ3v) is 2.74. The highest BCUT2D eigenvalue weighted by atomic mass is 32.2. The van der Waals surface area contributed by atoms with Gasteiger partial charge in [-0.1, -0.05) is 0 Å². The molecule has 1 N–H and O–H groups in total. The molecule has 0 aromatic carbocycles. The van der Waals surface area contributed by atoms with Gasteiger partial charge in [-0.2, -0.15) is 0 Å². The standard InChI is InChI=1S/C5H9NO4S/c1-6(11(9)10)5(2-3-5)4(7)8/h2-3H2,1H3,(H,7,8)(H,9,10)/p-1. The molecule has 0 saturated heterocycles. The first kappa shape index (κ1) is 8.63. The lowest BCUT2D eigenvalue weighted by molar-refractivity contribution is -0.142. The second-order valence-corrected chi connectivity index (χ2v) is 3.53. The zero-order valence-electron chi connectivity index (χ0n) is 5.94. The van der Waals surface area contributed by atoms with Gasteiger partial charge in [0.15, 0.2) is 0 Å². The van der Waals surface area contributed by atoms with Crippen molar-refractivity contribution in [2.75, 3.05) is 7.05 Å². The molecule has 6 heteroatoms. The molecule has 0 bridgehead atoms. The molecule has 5 nitrogen and oxygen atoms in total. The summed E-state index contributed by atoms with van der Waals surface area (Å²) in [6.45, 7) is 0. The van der Waals surface area contributed by atoms with E-state index in [9.17, 15) is 13.6 Å². The minimum atomic E-state index is -2.44. The Morgan fingerprint density at radius 3 is 2.27 bits per heavy atom. The van der Waals surface area contributed by atoms with E-state index in [0.29, 0.717) is 12.8 Å². The van der Waals surface area contributed by atoms with Crippen molar-refractivity contribution in [3.05, 3.63) is 0 Å². The molecular weight excluding hydrogens is 170 g/mol. The van der Waals surface area contributed by atoms with E-state index in [1.165, 1.54) is 7.05 Å². The Balaban J connectivity index is 2.73. The molecule has 1 aliphatic carbocycles. The van der Waals surface area contributed by atoms with E-state index < -0.39 is 22.8 Å². The molecule has 0 aromatic rings. The van der Waals surface area contributed by atoms with Gasteiger partial charge in [0, 0.05) is 18.3 Å². The normalized spacial score (nSPS) is 23.2. The highest BCUT2D eigenvalue weighted by Crippen LogP contribution is 2.41. The molecule has 1 unspecified atom stereocenters. The van der Waals surface area contributed by atoms with Crippen LogP contribution in [0.5, 0.6) is 0 Å². The molecule has 0 heterocycles. The van der Waals surface area contributed by atoms with Gasteiger partial charge in [-0.25, -0.2) is 4.31 Å². The van der Waals surface area contributed by atoms with E-state index in [1.807, 2.05) is 0 Å². The van der Waals surface area contributed by atoms with Gasteiger partial charge in [0.2, 0.25) is 0 Å². The van der Waals surface area contributed by atoms with E-state index in [4.69, 9.17) is 5.11 Å². The van der Waals surface area contributed by atoms with Crippen LogP contribution in [0.25, 0.3) is 0 Å². The van der Waals surface area contributed by atoms with E-state index in [2.05, 4.69) is 0 Å². The summed E-state index contributed by atoms with van der Waals surface area (Å²) in [4.78, 5) is 10.5. The third-order valence-electron chi connectivity index (χ3n) is 1.95. The fraction of sp³-hybridized carbons (Fsp3) is 0.800. The molecule has 11 heavy (non-hydrogen) atoms. The van der Waals surface area contributed by atoms with Gasteiger partial charge in [-0.15, -0.1) is 0 Å². The summed E-state index contributed by atoms with van der Waals surface area (Å²) in [5, 5.41) is 8.61. The number of rotatable bonds is 3. The Morgan fingerprint density at radius 1 is 1.73 bits per heavy atom. The largest absolute Gasteiger partial charge is 0.760 e. The predicted molar refractivity (Wildman–Crippen MR) is 36.3 cm³/mol. The van der Waals surface area contributed by atoms with E-state index in [0.717, 1.165) is 4.31 Å². The van der Waals surface area contributed by atoms with Crippen molar-refractivity contribution in [2.45, 2.75) is 18.4 Å². The highest BCUT2D eigenvalue weighted by Gasteiger charge is 2.54. The summed E-state index contributed by atoms with van der Waals surface area (Å²) in [6, 6.07) is 0. The van der Waals surface area contributed by atoms with Crippen LogP contribution in [0, 0.1) is 0 Å². The first-order chi connectivity index (χ1) is 5.00. The van der Waals surface area contributed by atoms with Crippen molar-refractivity contribution >= 4 is 17.2 Å². The first-order valence-electron chi connectivity index (χ1n) is 3.07. The third kappa shape index (κ3) is 1.29. The molecule has 0 spiro atoms. The summed E-state index contributed by atoms with van der Waals surface area (Å²) in [6.07, 6.45) is 0.819. The van der Waals surface area contributed by atoms with E-state index >= 15 is 0 Å². The molecule has 1 atom stereocenters. The average molecular weight is 178 g/mol. The first-order valence-corrected chi connectivity index (χ1v) is 4.10. The lowest BCUT2D eigenvalue weighted by Crippen LogP contribution is -2.41. The molecule has 1 rings (SSSR count). The van der Waals surface area contributed by atoms with Crippen molar-refractivity contribution in [2.24, 2.45) is 0 Å². The summed E-state index contributed by atoms with van der Waals surface area (Å²) in [7, 11) is 1.27. The molecule has 64 valence electrons. The molecule has 0 aromatic heterocycles. The molecular formula is C5H8NO4S-. The predicted octanol–water partition coefficient (Wildman–Crippen LogP) is -0.671. The highest BCUT2D eigenvalue weighted by molar-refractivity contribution is 7.76. The SMILES string of the molecule is CN(S(=O)[O-])C1(C(=O)O)CC1. The van der Waals surface area contributed by atoms with Gasteiger partial charge in [0.1, 0.15) is 5.54 Å². The Bertz CT molecular complexity index is 213. The summed E-state index contributed by atoms with van der Waals surface area (Å²) < 4.78 is 21.6. The number of carbonyl (C=O) groups is 1. The smallest absolute Gasteiger partial charge is 0.325 e. The molecule has 1 saturated carbocycles. The average Bonchev–Trinajstić information content (AvgIpc) is 2.65. The second kappa shape index (κ2) is 2.54. The lowest BCUT2D eigenvalue weighted by atomic mass is 10.3. The second-order valence-electron chi connectivity index (χ2n) is 2.55. The quantitative estimate of drug-likeness (QED) is 0.581. The monoisotopic (exact) mass is 178 g/mol. The van der Waals surface area contributed by atoms with Crippen molar-refractivity contribution in [1.29, 1.82) is 0 Å². The topological polar surface area (TPSA) is 80.7 Å². The summed E-state index contributed by atoms with van der Waals surface area (Å²) in [5.41, 5.74) is -1.13. The fourth-order valence-electron chi connectivity index (χ4n) is 0.925. The summed E-state index contributed by atoms with van der Waals surface area (Å²) in [5.74, 6) is -1.07. The lowest BCUT2D eigenvalue weighted by Gasteiger charge is -2.25. The van der Waals surface area contributed by atoms with Gasteiger partial charge in [0.05, 0.1) is 0 Å². The Kier molecular flexibility index (Phi) is 2.00. The maximum atomic E-state index is 10.5. The van der Waals surface area contributed by atoms with Gasteiger partial charge in [-0.3, -0.25) is 9.00 Å². The minimum absolute atomic E-state index is 0.410. The van der Waals surface area contributed by atoms with E-state index in [-0.39, 0.29) is 0 Å². The Labute approximate surface area is 66.4 Å².